The molecule has 0 heterocycles. The molecule has 0 rings (SSSR count). The fourth-order valence-electron chi connectivity index (χ4n) is 1.39. The van der Waals surface area contributed by atoms with E-state index >= 15 is 0 Å². The summed E-state index contributed by atoms with van der Waals surface area (Å²) in [5.74, 6) is -1.12. The molecule has 1 unspecified atom stereocenters. The lowest BCUT2D eigenvalue weighted by Gasteiger charge is -2.27. The average molecular weight is 262 g/mol. The summed E-state index contributed by atoms with van der Waals surface area (Å²) in [7, 11) is 1.27. The van der Waals surface area contributed by atoms with Crippen LogP contribution < -0.4 is 5.32 Å². The minimum absolute atomic E-state index is 0.00627. The molecule has 0 radical (unpaired) electrons. The van der Waals surface area contributed by atoms with Crippen molar-refractivity contribution in [3.63, 3.8) is 0 Å². The van der Waals surface area contributed by atoms with Crippen LogP contribution in [0.25, 0.3) is 0 Å². The van der Waals surface area contributed by atoms with Gasteiger partial charge in [-0.25, -0.2) is 9.59 Å². The molecule has 106 valence electrons. The number of rotatable bonds is 8. The van der Waals surface area contributed by atoms with Crippen LogP contribution >= 0.6 is 0 Å². The van der Waals surface area contributed by atoms with Crippen LogP contribution in [0.5, 0.6) is 0 Å². The number of hydrogen-bond donors (Lipinski definition) is 3. The van der Waals surface area contributed by atoms with Crippen molar-refractivity contribution in [1.82, 2.24) is 10.2 Å². The Bertz CT molecular complexity index is 270. The number of urea groups is 1. The highest BCUT2D eigenvalue weighted by Gasteiger charge is 2.20. The van der Waals surface area contributed by atoms with Crippen LogP contribution in [0.15, 0.2) is 0 Å². The minimum Gasteiger partial charge on any atom is -0.479 e. The van der Waals surface area contributed by atoms with Gasteiger partial charge >= 0.3 is 12.0 Å². The van der Waals surface area contributed by atoms with E-state index in [1.54, 1.807) is 0 Å². The molecule has 3 N–H and O–H groups in total. The molecular weight excluding hydrogens is 240 g/mol. The van der Waals surface area contributed by atoms with Crippen LogP contribution in [0.4, 0.5) is 4.79 Å². The second-order valence-electron chi connectivity index (χ2n) is 4.11. The lowest BCUT2D eigenvalue weighted by atomic mass is 10.3. The van der Waals surface area contributed by atoms with Gasteiger partial charge in [-0.05, 0) is 20.3 Å². The second-order valence-corrected chi connectivity index (χ2v) is 4.11. The summed E-state index contributed by atoms with van der Waals surface area (Å²) in [6.07, 6.45) is -0.570. The lowest BCUT2D eigenvalue weighted by molar-refractivity contribution is -0.148. The number of carboxylic acids is 1. The summed E-state index contributed by atoms with van der Waals surface area (Å²) in [6, 6.07) is -0.385. The molecule has 0 bridgehead atoms. The van der Waals surface area contributed by atoms with Gasteiger partial charge in [0.15, 0.2) is 6.10 Å². The number of carbonyl (C=O) groups is 2. The minimum atomic E-state index is -1.12. The molecule has 18 heavy (non-hydrogen) atoms. The molecule has 0 saturated heterocycles. The fraction of sp³-hybridized carbons (Fsp3) is 0.818. The van der Waals surface area contributed by atoms with E-state index in [0.29, 0.717) is 13.0 Å². The standard InChI is InChI=1S/C11H22N2O5/c1-8(2)13(5-4-6-14)11(17)12-7-9(18-3)10(15)16/h8-9,14H,4-7H2,1-3H3,(H,12,17)(H,15,16). The van der Waals surface area contributed by atoms with Crippen molar-refractivity contribution in [1.29, 1.82) is 0 Å². The van der Waals surface area contributed by atoms with E-state index < -0.39 is 12.1 Å². The molecule has 0 aliphatic carbocycles. The molecule has 7 nitrogen and oxygen atoms in total. The summed E-state index contributed by atoms with van der Waals surface area (Å²) in [6.45, 7) is 4.04. The Labute approximate surface area is 107 Å². The number of carbonyl (C=O) groups excluding carboxylic acids is 1. The van der Waals surface area contributed by atoms with Crippen molar-refractivity contribution in [2.24, 2.45) is 0 Å². The monoisotopic (exact) mass is 262 g/mol. The smallest absolute Gasteiger partial charge is 0.334 e. The molecular formula is C11H22N2O5. The van der Waals surface area contributed by atoms with E-state index in [2.05, 4.69) is 5.32 Å². The Morgan fingerprint density at radius 2 is 2.00 bits per heavy atom. The van der Waals surface area contributed by atoms with Crippen molar-refractivity contribution in [2.45, 2.75) is 32.4 Å². The van der Waals surface area contributed by atoms with Gasteiger partial charge in [-0.2, -0.15) is 0 Å². The Morgan fingerprint density at radius 3 is 2.39 bits per heavy atom. The first-order valence-electron chi connectivity index (χ1n) is 5.85. The SMILES string of the molecule is COC(CNC(=O)N(CCCO)C(C)C)C(=O)O. The number of aliphatic hydroxyl groups is 1. The molecule has 0 spiro atoms. The number of methoxy groups -OCH3 is 1. The van der Waals surface area contributed by atoms with Gasteiger partial charge in [0.25, 0.3) is 0 Å². The number of nitrogens with one attached hydrogen (secondary N) is 1. The lowest BCUT2D eigenvalue weighted by Crippen LogP contribution is -2.48. The Morgan fingerprint density at radius 1 is 1.39 bits per heavy atom. The topological polar surface area (TPSA) is 99.1 Å². The Kier molecular flexibility index (Phi) is 8.06. The van der Waals surface area contributed by atoms with Gasteiger partial charge < -0.3 is 25.2 Å². The summed E-state index contributed by atoms with van der Waals surface area (Å²) < 4.78 is 4.71. The maximum Gasteiger partial charge on any atom is 0.334 e. The zero-order valence-electron chi connectivity index (χ0n) is 11.0. The summed E-state index contributed by atoms with van der Waals surface area (Å²) >= 11 is 0. The maximum atomic E-state index is 11.8. The third-order valence-electron chi connectivity index (χ3n) is 2.44. The molecule has 2 amide bonds. The zero-order valence-corrected chi connectivity index (χ0v) is 11.0. The van der Waals surface area contributed by atoms with Crippen LogP contribution in [-0.2, 0) is 9.53 Å². The molecule has 0 aromatic rings. The van der Waals surface area contributed by atoms with Gasteiger partial charge in [0.2, 0.25) is 0 Å². The van der Waals surface area contributed by atoms with Gasteiger partial charge in [-0.1, -0.05) is 0 Å². The normalized spacial score (nSPS) is 12.3. The first kappa shape index (κ1) is 16.7. The van der Waals surface area contributed by atoms with E-state index in [4.69, 9.17) is 14.9 Å². The fourth-order valence-corrected chi connectivity index (χ4v) is 1.39. The number of hydrogen-bond acceptors (Lipinski definition) is 4. The summed E-state index contributed by atoms with van der Waals surface area (Å²) in [4.78, 5) is 24.0. The highest BCUT2D eigenvalue weighted by Crippen LogP contribution is 2.00. The molecule has 0 saturated carbocycles. The predicted octanol–water partition coefficient (Wildman–Crippen LogP) is -0.112. The number of nitrogens with zero attached hydrogens (tertiary/aromatic N) is 1. The van der Waals surface area contributed by atoms with E-state index in [-0.39, 0.29) is 25.2 Å². The van der Waals surface area contributed by atoms with E-state index in [1.807, 2.05) is 13.8 Å². The average Bonchev–Trinajstić information content (AvgIpc) is 2.29. The van der Waals surface area contributed by atoms with Gasteiger partial charge in [-0.3, -0.25) is 0 Å². The Balaban J connectivity index is 4.29. The van der Waals surface area contributed by atoms with Crippen molar-refractivity contribution in [3.05, 3.63) is 0 Å². The van der Waals surface area contributed by atoms with Gasteiger partial charge in [-0.15, -0.1) is 0 Å². The van der Waals surface area contributed by atoms with Crippen LogP contribution in [0.1, 0.15) is 20.3 Å². The molecule has 0 aliphatic rings. The number of aliphatic carboxylic acids is 1. The third kappa shape index (κ3) is 5.83. The first-order valence-corrected chi connectivity index (χ1v) is 5.85. The zero-order chi connectivity index (χ0) is 14.1. The predicted molar refractivity (Wildman–Crippen MR) is 65.4 cm³/mol. The molecule has 0 aliphatic heterocycles. The quantitative estimate of drug-likeness (QED) is 0.567. The van der Waals surface area contributed by atoms with Crippen molar-refractivity contribution >= 4 is 12.0 Å². The molecule has 0 aromatic heterocycles. The van der Waals surface area contributed by atoms with Crippen LogP contribution in [0, 0.1) is 0 Å². The van der Waals surface area contributed by atoms with Crippen molar-refractivity contribution in [2.75, 3.05) is 26.8 Å². The first-order chi connectivity index (χ1) is 8.43. The summed E-state index contributed by atoms with van der Waals surface area (Å²) in [5, 5.41) is 20.0. The van der Waals surface area contributed by atoms with Gasteiger partial charge in [0.1, 0.15) is 0 Å². The van der Waals surface area contributed by atoms with Crippen LogP contribution in [0.3, 0.4) is 0 Å². The molecule has 0 aromatic carbocycles. The number of ether oxygens (including phenoxy) is 1. The number of amides is 2. The summed E-state index contributed by atoms with van der Waals surface area (Å²) in [5.41, 5.74) is 0. The van der Waals surface area contributed by atoms with Crippen molar-refractivity contribution < 1.29 is 24.5 Å². The molecule has 1 atom stereocenters. The van der Waals surface area contributed by atoms with Gasteiger partial charge in [0.05, 0.1) is 6.54 Å². The number of aliphatic hydroxyl groups excluding tert-OH is 1. The van der Waals surface area contributed by atoms with E-state index in [1.165, 1.54) is 12.0 Å². The maximum absolute atomic E-state index is 11.8. The molecule has 0 fully saturated rings. The third-order valence-corrected chi connectivity index (χ3v) is 2.44. The number of carboxylic acid groups (broad SMARTS) is 1. The van der Waals surface area contributed by atoms with Gasteiger partial charge in [0, 0.05) is 26.3 Å². The van der Waals surface area contributed by atoms with Crippen LogP contribution in [-0.4, -0.2) is 66.1 Å². The van der Waals surface area contributed by atoms with Crippen molar-refractivity contribution in [3.8, 4) is 0 Å². The van der Waals surface area contributed by atoms with E-state index in [0.717, 1.165) is 0 Å². The largest absolute Gasteiger partial charge is 0.479 e. The second kappa shape index (κ2) is 8.71. The van der Waals surface area contributed by atoms with E-state index in [9.17, 15) is 9.59 Å². The Hall–Kier alpha value is -1.34. The van der Waals surface area contributed by atoms with Crippen LogP contribution in [0.2, 0.25) is 0 Å². The molecule has 7 heteroatoms. The highest BCUT2D eigenvalue weighted by molar-refractivity contribution is 5.77. The highest BCUT2D eigenvalue weighted by atomic mass is 16.5.